The molecule has 0 saturated heterocycles. The lowest BCUT2D eigenvalue weighted by Gasteiger charge is -2.22. The number of benzene rings is 2. The van der Waals surface area contributed by atoms with Gasteiger partial charge in [0.15, 0.2) is 11.6 Å². The van der Waals surface area contributed by atoms with Gasteiger partial charge in [-0.2, -0.15) is 0 Å². The van der Waals surface area contributed by atoms with E-state index in [1.165, 1.54) is 27.9 Å². The van der Waals surface area contributed by atoms with Crippen molar-refractivity contribution in [2.24, 2.45) is 29.4 Å². The number of rotatable bonds is 47. The second kappa shape index (κ2) is 54.2. The fraction of sp³-hybridized carbons (Fsp3) is 0.648. The van der Waals surface area contributed by atoms with Crippen molar-refractivity contribution in [2.45, 2.75) is 220 Å². The van der Waals surface area contributed by atoms with Crippen LogP contribution in [0.1, 0.15) is 189 Å². The van der Waals surface area contributed by atoms with Gasteiger partial charge in [-0.25, -0.2) is 4.79 Å². The molecule has 2 aromatic rings. The first-order valence-electron chi connectivity index (χ1n) is 34.4. The molecule has 0 spiro atoms. The van der Waals surface area contributed by atoms with Gasteiger partial charge in [0.25, 0.3) is 0 Å². The number of unbranched alkanes of at least 4 members (excludes halogenated alkanes) is 6. The minimum absolute atomic E-state index is 0. The molecule has 13 N–H and O–H groups in total. The monoisotopic (exact) mass is 1430 g/mol. The first-order valence-corrected chi connectivity index (χ1v) is 34.4. The van der Waals surface area contributed by atoms with Crippen LogP contribution in [-0.2, 0) is 75.1 Å². The standard InChI is InChI=1S/C38H62N6O8.C33H54N6O6.2ClH/c1-26(2)22-31(44-33(47)19-12-9-14-21-41-37(51)52-38(4,5)6)36(50)42-25-34(48)43-30(18-13-15-20-40-27(3)45)32(46)24-29(35(49)39-7)23-28-16-10-8-11-17-28;1-23(2)19-28(39-30(42)16-9-6-11-17-34)33(45)37-22-31(43)38-27(15-10-12-18-36-24(3)40)29(41)21-26(32(44)35-4)20-25-13-7-5-8-14-25;;/h8,10-11,16-17,26,29-31H,9,12-15,18-25H2,1-7H3,(H,39,49)(H,40,45)(H,41,51)(H,42,50)(H,43,48)(H,44,47);5,7-8,13-14,23,26-28H,6,9-12,15-22,34H2,1-4H3,(H,35,44)(H,36,40)(H,37,45)(H,38,43)(H,39,42);2*1H/t29-,30+,31+;26-,27+,28+;;/m11../s1. The van der Waals surface area contributed by atoms with Gasteiger partial charge in [0.05, 0.1) is 25.2 Å². The lowest BCUT2D eigenvalue weighted by molar-refractivity contribution is -0.132. The zero-order valence-electron chi connectivity index (χ0n) is 60.4. The van der Waals surface area contributed by atoms with Gasteiger partial charge in [-0.1, -0.05) is 101 Å². The van der Waals surface area contributed by atoms with Gasteiger partial charge in [0.2, 0.25) is 59.1 Å². The van der Waals surface area contributed by atoms with Gasteiger partial charge in [-0.05, 0) is 140 Å². The van der Waals surface area contributed by atoms with Crippen LogP contribution in [0, 0.1) is 23.7 Å². The molecule has 0 aliphatic heterocycles. The van der Waals surface area contributed by atoms with Crippen molar-refractivity contribution in [1.82, 2.24) is 58.5 Å². The number of Topliss-reactive ketones (excluding diaryl/α,β-unsaturated/α-hetero) is 2. The number of halogens is 2. The summed E-state index contributed by atoms with van der Waals surface area (Å²) in [6.07, 6.45) is 8.37. The van der Waals surface area contributed by atoms with Gasteiger partial charge < -0.3 is 69.0 Å². The Morgan fingerprint density at radius 2 is 0.788 bits per heavy atom. The fourth-order valence-corrected chi connectivity index (χ4v) is 10.3. The molecule has 2 rings (SSSR count). The lowest BCUT2D eigenvalue weighted by atomic mass is 9.90. The van der Waals surface area contributed by atoms with Crippen LogP contribution in [0.5, 0.6) is 0 Å². The van der Waals surface area contributed by atoms with E-state index in [9.17, 15) is 62.3 Å². The molecule has 0 radical (unpaired) electrons. The van der Waals surface area contributed by atoms with Crippen molar-refractivity contribution < 1.29 is 67.1 Å². The quantitative estimate of drug-likeness (QED) is 0.0368. The molecule has 28 heteroatoms. The third-order valence-electron chi connectivity index (χ3n) is 15.2. The Morgan fingerprint density at radius 1 is 0.434 bits per heavy atom. The van der Waals surface area contributed by atoms with E-state index in [2.05, 4.69) is 58.5 Å². The fourth-order valence-electron chi connectivity index (χ4n) is 10.3. The van der Waals surface area contributed by atoms with E-state index in [1.807, 2.05) is 88.4 Å². The number of nitrogens with two attached hydrogens (primary N) is 1. The number of ether oxygens (including phenoxy) is 1. The molecule has 6 atom stereocenters. The molecule has 560 valence electrons. The molecule has 0 aliphatic carbocycles. The molecule has 0 unspecified atom stereocenters. The summed E-state index contributed by atoms with van der Waals surface area (Å²) in [7, 11) is 3.03. The maximum absolute atomic E-state index is 13.6. The molecule has 0 saturated carbocycles. The van der Waals surface area contributed by atoms with Crippen LogP contribution in [0.25, 0.3) is 0 Å². The van der Waals surface area contributed by atoms with E-state index in [0.717, 1.165) is 24.0 Å². The highest BCUT2D eigenvalue weighted by Gasteiger charge is 2.31. The zero-order chi connectivity index (χ0) is 72.7. The summed E-state index contributed by atoms with van der Waals surface area (Å²) in [6.45, 7) is 17.0. The molecule has 99 heavy (non-hydrogen) atoms. The maximum Gasteiger partial charge on any atom is 0.407 e. The average molecular weight is 1430 g/mol. The van der Waals surface area contributed by atoms with Crippen LogP contribution in [0.3, 0.4) is 0 Å². The van der Waals surface area contributed by atoms with Gasteiger partial charge in [0.1, 0.15) is 17.7 Å². The van der Waals surface area contributed by atoms with E-state index in [4.69, 9.17) is 10.5 Å². The number of hydrogen-bond donors (Lipinski definition) is 12. The van der Waals surface area contributed by atoms with E-state index >= 15 is 0 Å². The normalized spacial score (nSPS) is 12.6. The summed E-state index contributed by atoms with van der Waals surface area (Å²) in [5.74, 6) is -5.21. The smallest absolute Gasteiger partial charge is 0.407 e. The molecular weight excluding hydrogens is 1320 g/mol. The van der Waals surface area contributed by atoms with Crippen molar-refractivity contribution in [3.05, 3.63) is 71.8 Å². The second-order valence-corrected chi connectivity index (χ2v) is 26.3. The highest BCUT2D eigenvalue weighted by atomic mass is 35.5. The summed E-state index contributed by atoms with van der Waals surface area (Å²) < 4.78 is 5.20. The van der Waals surface area contributed by atoms with Crippen molar-refractivity contribution in [3.8, 4) is 0 Å². The Kier molecular flexibility index (Phi) is 51.1. The molecule has 2 aromatic carbocycles. The van der Waals surface area contributed by atoms with Crippen molar-refractivity contribution >= 4 is 102 Å². The molecule has 11 amide bonds. The van der Waals surface area contributed by atoms with E-state index in [-0.39, 0.29) is 122 Å². The van der Waals surface area contributed by atoms with Crippen molar-refractivity contribution in [1.29, 1.82) is 0 Å². The molecule has 0 aliphatic rings. The van der Waals surface area contributed by atoms with Gasteiger partial charge >= 0.3 is 6.09 Å². The second-order valence-electron chi connectivity index (χ2n) is 26.3. The molecule has 26 nitrogen and oxygen atoms in total. The van der Waals surface area contributed by atoms with Crippen LogP contribution < -0.4 is 64.2 Å². The number of hydrogen-bond acceptors (Lipinski definition) is 15. The summed E-state index contributed by atoms with van der Waals surface area (Å²) in [4.78, 5) is 164. The van der Waals surface area contributed by atoms with Crippen LogP contribution in [0.4, 0.5) is 4.79 Å². The highest BCUT2D eigenvalue weighted by molar-refractivity contribution is 5.96. The van der Waals surface area contributed by atoms with Gasteiger partial charge in [0, 0.05) is 85.1 Å². The van der Waals surface area contributed by atoms with Crippen molar-refractivity contribution in [3.63, 3.8) is 0 Å². The van der Waals surface area contributed by atoms with Crippen LogP contribution in [-0.4, -0.2) is 160 Å². The molecule has 0 heterocycles. The number of nitrogens with one attached hydrogen (secondary N) is 11. The summed E-state index contributed by atoms with van der Waals surface area (Å²) >= 11 is 0. The molecular formula is C71H118Cl2N12O14. The first-order chi connectivity index (χ1) is 46.0. The number of ketones is 2. The zero-order valence-corrected chi connectivity index (χ0v) is 62.0. The lowest BCUT2D eigenvalue weighted by Crippen LogP contribution is -2.51. The Labute approximate surface area is 599 Å². The third-order valence-corrected chi connectivity index (χ3v) is 15.2. The Morgan fingerprint density at radius 3 is 1.13 bits per heavy atom. The van der Waals surface area contributed by atoms with Crippen LogP contribution in [0.2, 0.25) is 0 Å². The SMILES string of the molecule is CNC(=O)[C@@H](CC(=O)[C@H](CCCCNC(C)=O)NC(=O)CNC(=O)[C@H](CC(C)C)NC(=O)CCCCCN)Cc1ccccc1.CNC(=O)[C@@H](CC(=O)[C@H](CCCCNC(C)=O)NC(=O)CNC(=O)[C@H](CC(C)C)NC(=O)CCCCCNC(=O)OC(C)(C)C)Cc1ccccc1.Cl.Cl. The number of amides is 11. The Hall–Kier alpha value is -7.71. The molecule has 0 bridgehead atoms. The summed E-state index contributed by atoms with van der Waals surface area (Å²) in [5.41, 5.74) is 6.74. The summed E-state index contributed by atoms with van der Waals surface area (Å²) in [5, 5.41) is 29.6. The number of carbonyl (C=O) groups excluding carboxylic acids is 13. The first kappa shape index (κ1) is 93.3. The number of alkyl carbamates (subject to hydrolysis) is 1. The maximum atomic E-state index is 13.6. The van der Waals surface area contributed by atoms with E-state index < -0.39 is 77.9 Å². The minimum Gasteiger partial charge on any atom is -0.444 e. The topological polar surface area (TPSA) is 389 Å². The Bertz CT molecular complexity index is 2760. The minimum atomic E-state index is -0.907. The van der Waals surface area contributed by atoms with E-state index in [0.29, 0.717) is 110 Å². The van der Waals surface area contributed by atoms with Crippen molar-refractivity contribution in [2.75, 3.05) is 53.4 Å². The van der Waals surface area contributed by atoms with E-state index in [1.54, 1.807) is 20.8 Å². The molecule has 0 fully saturated rings. The highest BCUT2D eigenvalue weighted by Crippen LogP contribution is 2.19. The van der Waals surface area contributed by atoms with Crippen LogP contribution in [0.15, 0.2) is 60.7 Å². The summed E-state index contributed by atoms with van der Waals surface area (Å²) in [6, 6.07) is 15.3. The molecule has 0 aromatic heterocycles. The van der Waals surface area contributed by atoms with Gasteiger partial charge in [-0.15, -0.1) is 24.8 Å². The van der Waals surface area contributed by atoms with Gasteiger partial charge in [-0.3, -0.25) is 57.5 Å². The third kappa shape index (κ3) is 47.1. The predicted molar refractivity (Wildman–Crippen MR) is 387 cm³/mol. The number of carbonyl (C=O) groups is 13. The van der Waals surface area contributed by atoms with Crippen LogP contribution >= 0.6 is 24.8 Å². The largest absolute Gasteiger partial charge is 0.444 e. The predicted octanol–water partition coefficient (Wildman–Crippen LogP) is 5.43. The average Bonchev–Trinajstić information content (AvgIpc) is 0.917. The Balaban J connectivity index is 0.